The van der Waals surface area contributed by atoms with Crippen LogP contribution in [0, 0.1) is 11.6 Å². The Morgan fingerprint density at radius 2 is 1.63 bits per heavy atom. The molecule has 3 aromatic carbocycles. The second kappa shape index (κ2) is 16.2. The summed E-state index contributed by atoms with van der Waals surface area (Å²) in [5.74, 6) is -1.98. The predicted molar refractivity (Wildman–Crippen MR) is 196 cm³/mol. The molecule has 0 fully saturated rings. The summed E-state index contributed by atoms with van der Waals surface area (Å²) in [6.07, 6.45) is 0. The molecule has 0 saturated heterocycles. The molecule has 0 aliphatic carbocycles. The normalized spacial score (nSPS) is 11.4. The molecule has 0 bridgehead atoms. The lowest BCUT2D eigenvalue weighted by Crippen LogP contribution is -2.39. The zero-order valence-corrected chi connectivity index (χ0v) is 29.8. The number of nitrogens with one attached hydrogen (secondary N) is 3. The number of thiophene rings is 1. The Balaban J connectivity index is 1.77. The maximum Gasteiger partial charge on any atom is 0.337 e. The van der Waals surface area contributed by atoms with E-state index in [-0.39, 0.29) is 46.0 Å². The molecule has 3 amide bonds. The van der Waals surface area contributed by atoms with Crippen molar-refractivity contribution in [1.29, 1.82) is 0 Å². The number of hydrogen-bond acceptors (Lipinski definition) is 7. The van der Waals surface area contributed by atoms with Gasteiger partial charge in [-0.1, -0.05) is 18.2 Å². The second-order valence-electron chi connectivity index (χ2n) is 12.3. The van der Waals surface area contributed by atoms with Gasteiger partial charge in [0.2, 0.25) is 0 Å². The van der Waals surface area contributed by atoms with Crippen molar-refractivity contribution in [3.05, 3.63) is 116 Å². The summed E-state index contributed by atoms with van der Waals surface area (Å²) in [5, 5.41) is 8.46. The van der Waals surface area contributed by atoms with E-state index in [9.17, 15) is 19.2 Å². The van der Waals surface area contributed by atoms with Gasteiger partial charge in [-0.2, -0.15) is 0 Å². The molecule has 2 aromatic heterocycles. The number of ether oxygens (including phenoxy) is 1. The van der Waals surface area contributed by atoms with Gasteiger partial charge in [0.1, 0.15) is 16.5 Å². The highest BCUT2D eigenvalue weighted by atomic mass is 32.1. The van der Waals surface area contributed by atoms with Crippen LogP contribution in [0.2, 0.25) is 0 Å². The van der Waals surface area contributed by atoms with Crippen LogP contribution in [0.25, 0.3) is 26.3 Å². The first-order valence-corrected chi connectivity index (χ1v) is 17.2. The van der Waals surface area contributed by atoms with Crippen LogP contribution >= 0.6 is 11.3 Å². The van der Waals surface area contributed by atoms with Crippen molar-refractivity contribution in [3.8, 4) is 16.1 Å². The van der Waals surface area contributed by atoms with Gasteiger partial charge >= 0.3 is 11.7 Å². The number of hydrogen-bond donors (Lipinski definition) is 3. The van der Waals surface area contributed by atoms with E-state index in [0.717, 1.165) is 16.7 Å². The summed E-state index contributed by atoms with van der Waals surface area (Å²) in [7, 11) is 3.46. The van der Waals surface area contributed by atoms with Gasteiger partial charge in [0.25, 0.3) is 11.5 Å². The largest absolute Gasteiger partial charge is 0.383 e. The zero-order valence-electron chi connectivity index (χ0n) is 29.0. The van der Waals surface area contributed by atoms with Gasteiger partial charge < -0.3 is 20.7 Å². The van der Waals surface area contributed by atoms with Crippen molar-refractivity contribution in [1.82, 2.24) is 24.7 Å². The molecule has 2 heterocycles. The molecule has 0 unspecified atom stereocenters. The third-order valence-electron chi connectivity index (χ3n) is 8.11. The lowest BCUT2D eigenvalue weighted by Gasteiger charge is -2.18. The molecule has 14 heteroatoms. The van der Waals surface area contributed by atoms with E-state index in [2.05, 4.69) is 16.0 Å². The maximum absolute atomic E-state index is 15.1. The van der Waals surface area contributed by atoms with Gasteiger partial charge in [-0.15, -0.1) is 11.3 Å². The number of amides is 3. The quantitative estimate of drug-likeness (QED) is 0.146. The van der Waals surface area contributed by atoms with E-state index >= 15 is 8.78 Å². The molecule has 5 rings (SSSR count). The number of carbonyl (C=O) groups excluding carboxylic acids is 2. The first kappa shape index (κ1) is 37.1. The molecule has 0 aliphatic rings. The zero-order chi connectivity index (χ0) is 36.8. The van der Waals surface area contributed by atoms with Crippen LogP contribution in [0.5, 0.6) is 0 Å². The second-order valence-corrected chi connectivity index (χ2v) is 13.3. The molecule has 3 N–H and O–H groups in total. The first-order valence-electron chi connectivity index (χ1n) is 16.4. The third-order valence-corrected chi connectivity index (χ3v) is 9.41. The van der Waals surface area contributed by atoms with Crippen molar-refractivity contribution in [2.24, 2.45) is 0 Å². The van der Waals surface area contributed by atoms with E-state index in [0.29, 0.717) is 47.0 Å². The summed E-state index contributed by atoms with van der Waals surface area (Å²) in [6, 6.07) is 16.1. The number of halogens is 2. The molecule has 51 heavy (non-hydrogen) atoms. The van der Waals surface area contributed by atoms with Crippen LogP contribution < -0.4 is 27.2 Å². The summed E-state index contributed by atoms with van der Waals surface area (Å²) >= 11 is 1.17. The number of nitrogens with zero attached hydrogens (tertiary/aromatic N) is 3. The average Bonchev–Trinajstić information content (AvgIpc) is 3.46. The van der Waals surface area contributed by atoms with Crippen LogP contribution in [0.3, 0.4) is 0 Å². The smallest absolute Gasteiger partial charge is 0.337 e. The highest BCUT2D eigenvalue weighted by Crippen LogP contribution is 2.38. The Morgan fingerprint density at radius 3 is 2.24 bits per heavy atom. The lowest BCUT2D eigenvalue weighted by atomic mass is 10.1. The van der Waals surface area contributed by atoms with Crippen LogP contribution in [-0.2, 0) is 17.8 Å². The Bertz CT molecular complexity index is 2140. The minimum Gasteiger partial charge on any atom is -0.383 e. The van der Waals surface area contributed by atoms with Crippen molar-refractivity contribution in [2.45, 2.75) is 39.9 Å². The molecule has 0 saturated carbocycles. The van der Waals surface area contributed by atoms with Gasteiger partial charge in [0.05, 0.1) is 24.2 Å². The van der Waals surface area contributed by atoms with Crippen molar-refractivity contribution >= 4 is 39.2 Å². The molecule has 0 spiro atoms. The van der Waals surface area contributed by atoms with Crippen molar-refractivity contribution in [2.75, 3.05) is 39.2 Å². The Labute approximate surface area is 297 Å². The van der Waals surface area contributed by atoms with Gasteiger partial charge in [-0.05, 0) is 87.5 Å². The highest BCUT2D eigenvalue weighted by Gasteiger charge is 2.26. The Hall–Kier alpha value is -5.18. The number of anilines is 1. The van der Waals surface area contributed by atoms with Crippen molar-refractivity contribution in [3.63, 3.8) is 0 Å². The molecule has 5 aromatic rings. The van der Waals surface area contributed by atoms with Crippen LogP contribution in [-0.4, -0.2) is 65.9 Å². The monoisotopic (exact) mass is 718 g/mol. The highest BCUT2D eigenvalue weighted by molar-refractivity contribution is 7.22. The number of aromatic nitrogens is 2. The lowest BCUT2D eigenvalue weighted by molar-refractivity contribution is 0.0943. The van der Waals surface area contributed by atoms with Crippen molar-refractivity contribution < 1.29 is 23.1 Å². The van der Waals surface area contributed by atoms with Crippen LogP contribution in [0.4, 0.5) is 19.3 Å². The van der Waals surface area contributed by atoms with Gasteiger partial charge in [0.15, 0.2) is 0 Å². The fraction of sp³-hybridized carbons (Fsp3) is 0.297. The van der Waals surface area contributed by atoms with E-state index in [1.54, 1.807) is 31.4 Å². The van der Waals surface area contributed by atoms with Gasteiger partial charge in [0, 0.05) is 54.5 Å². The number of benzene rings is 3. The molecule has 0 aliphatic heterocycles. The number of rotatable bonds is 13. The Kier molecular flexibility index (Phi) is 11.8. The van der Waals surface area contributed by atoms with E-state index < -0.39 is 29.4 Å². The summed E-state index contributed by atoms with van der Waals surface area (Å²) in [4.78, 5) is 56.6. The maximum atomic E-state index is 15.1. The molecule has 268 valence electrons. The van der Waals surface area contributed by atoms with Crippen LogP contribution in [0.15, 0.2) is 76.3 Å². The van der Waals surface area contributed by atoms with Crippen LogP contribution in [0.1, 0.15) is 42.3 Å². The molecular weight excluding hydrogens is 679 g/mol. The van der Waals surface area contributed by atoms with Gasteiger partial charge in [-0.3, -0.25) is 19.1 Å². The summed E-state index contributed by atoms with van der Waals surface area (Å²) in [5.41, 5.74) is 0.616. The minimum atomic E-state index is -0.834. The third kappa shape index (κ3) is 8.25. The van der Waals surface area contributed by atoms with E-state index in [1.165, 1.54) is 46.2 Å². The minimum absolute atomic E-state index is 0.102. The number of methoxy groups -OCH3 is 1. The summed E-state index contributed by atoms with van der Waals surface area (Å²) in [6.45, 7) is 6.66. The average molecular weight is 719 g/mol. The predicted octanol–water partition coefficient (Wildman–Crippen LogP) is 5.57. The number of likely N-dealkylation sites (N-methyl/N-ethyl adjacent to an activating group) is 1. The number of urea groups is 1. The van der Waals surface area contributed by atoms with E-state index in [4.69, 9.17) is 4.74 Å². The SMILES string of the molecule is CCNC(=O)Nc1ccc(-c2sc3c(c2CN(C)CCOC)c(=O)n(-c2ccc(C(=O)NC(C)C)cc2)c(=O)n3Cc2c(F)cccc2F)cc1. The van der Waals surface area contributed by atoms with Gasteiger partial charge in [-0.25, -0.2) is 22.9 Å². The first-order chi connectivity index (χ1) is 24.4. The van der Waals surface area contributed by atoms with E-state index in [1.807, 2.05) is 32.7 Å². The fourth-order valence-electron chi connectivity index (χ4n) is 5.61. The number of carbonyl (C=O) groups is 2. The standard InChI is InChI=1S/C37H40F2N6O5S/c1-6-40-36(48)42-25-14-10-23(11-15-25)32-28(20-43(4)18-19-50-5)31-34(47)45(26-16-12-24(13-17-26)33(46)41-22(2)3)37(49)44(35(31)51-32)21-27-29(38)8-7-9-30(27)39/h7-17,22H,6,18-21H2,1-5H3,(H,41,46)(H2,40,42,48). The molecular formula is C37H40F2N6O5S. The molecule has 0 radical (unpaired) electrons. The topological polar surface area (TPSA) is 127 Å². The Morgan fingerprint density at radius 1 is 0.961 bits per heavy atom. The summed E-state index contributed by atoms with van der Waals surface area (Å²) < 4.78 is 37.6. The molecule has 11 nitrogen and oxygen atoms in total. The fourth-order valence-corrected chi connectivity index (χ4v) is 6.91. The molecule has 0 atom stereocenters. The number of fused-ring (bicyclic) bond motifs is 1.